The molecule has 0 spiro atoms. The summed E-state index contributed by atoms with van der Waals surface area (Å²) >= 11 is 0. The monoisotopic (exact) mass is 421 g/mol. The summed E-state index contributed by atoms with van der Waals surface area (Å²) in [6.45, 7) is 2.15. The molecule has 3 aromatic rings. The number of amides is 2. The lowest BCUT2D eigenvalue weighted by Gasteiger charge is -2.14. The maximum Gasteiger partial charge on any atom is 0.269 e. The minimum atomic E-state index is -3.76. The standard InChI is InChI=1S/C22H19N3O4S/c1-14-6-8-16(9-7-14)30(28,29)25-11-10-23-20(25)19-12-15(19)13-24-21(26)17-4-2-3-5-18(17)22(24)27/h2-11,15,19H,12-13H2,1H3. The van der Waals surface area contributed by atoms with E-state index in [1.807, 2.05) is 6.92 Å². The van der Waals surface area contributed by atoms with Crippen LogP contribution < -0.4 is 0 Å². The molecule has 30 heavy (non-hydrogen) atoms. The normalized spacial score (nSPS) is 20.5. The van der Waals surface area contributed by atoms with Crippen LogP contribution in [0.15, 0.2) is 65.8 Å². The first-order valence-corrected chi connectivity index (χ1v) is 11.1. The van der Waals surface area contributed by atoms with Gasteiger partial charge in [0.15, 0.2) is 0 Å². The van der Waals surface area contributed by atoms with Crippen LogP contribution in [0.25, 0.3) is 0 Å². The lowest BCUT2D eigenvalue weighted by atomic mass is 10.1. The van der Waals surface area contributed by atoms with Gasteiger partial charge in [-0.25, -0.2) is 17.4 Å². The van der Waals surface area contributed by atoms with E-state index >= 15 is 0 Å². The number of aromatic nitrogens is 2. The van der Waals surface area contributed by atoms with E-state index in [1.165, 1.54) is 21.3 Å². The van der Waals surface area contributed by atoms with Crippen LogP contribution in [0.4, 0.5) is 0 Å². The molecule has 1 saturated carbocycles. The average Bonchev–Trinajstić information content (AvgIpc) is 3.24. The largest absolute Gasteiger partial charge is 0.274 e. The average molecular weight is 421 g/mol. The molecule has 2 aromatic carbocycles. The fraction of sp³-hybridized carbons (Fsp3) is 0.227. The van der Waals surface area contributed by atoms with E-state index < -0.39 is 10.0 Å². The Morgan fingerprint density at radius 3 is 2.27 bits per heavy atom. The second-order valence-corrected chi connectivity index (χ2v) is 9.58. The van der Waals surface area contributed by atoms with Crippen molar-refractivity contribution >= 4 is 21.8 Å². The van der Waals surface area contributed by atoms with Crippen molar-refractivity contribution in [2.24, 2.45) is 5.92 Å². The molecule has 8 heteroatoms. The third-order valence-electron chi connectivity index (χ3n) is 5.76. The van der Waals surface area contributed by atoms with Crippen molar-refractivity contribution in [3.8, 4) is 0 Å². The van der Waals surface area contributed by atoms with Gasteiger partial charge in [-0.05, 0) is 43.5 Å². The highest BCUT2D eigenvalue weighted by Gasteiger charge is 2.47. The predicted molar refractivity (Wildman–Crippen MR) is 109 cm³/mol. The fourth-order valence-corrected chi connectivity index (χ4v) is 5.35. The summed E-state index contributed by atoms with van der Waals surface area (Å²) in [5.41, 5.74) is 1.81. The second kappa shape index (κ2) is 6.63. The molecule has 1 fully saturated rings. The summed E-state index contributed by atoms with van der Waals surface area (Å²) in [7, 11) is -3.76. The number of carbonyl (C=O) groups excluding carboxylic acids is 2. The molecule has 0 saturated heterocycles. The summed E-state index contributed by atoms with van der Waals surface area (Å²) in [6.07, 6.45) is 3.59. The van der Waals surface area contributed by atoms with Gasteiger partial charge in [0.05, 0.1) is 16.0 Å². The molecule has 1 aliphatic carbocycles. The van der Waals surface area contributed by atoms with Gasteiger partial charge in [-0.15, -0.1) is 0 Å². The summed E-state index contributed by atoms with van der Waals surface area (Å²) in [4.78, 5) is 30.9. The van der Waals surface area contributed by atoms with Crippen LogP contribution in [-0.2, 0) is 10.0 Å². The van der Waals surface area contributed by atoms with Gasteiger partial charge in [0, 0.05) is 24.9 Å². The molecular weight excluding hydrogens is 402 g/mol. The Hall–Kier alpha value is -3.26. The van der Waals surface area contributed by atoms with Crippen molar-refractivity contribution in [2.45, 2.75) is 24.2 Å². The first kappa shape index (κ1) is 18.7. The molecule has 0 N–H and O–H groups in total. The molecule has 2 aliphatic rings. The lowest BCUT2D eigenvalue weighted by Crippen LogP contribution is -2.32. The van der Waals surface area contributed by atoms with Crippen LogP contribution >= 0.6 is 0 Å². The zero-order valence-corrected chi connectivity index (χ0v) is 17.0. The molecule has 1 aromatic heterocycles. The van der Waals surface area contributed by atoms with Gasteiger partial charge in [0.25, 0.3) is 21.8 Å². The Morgan fingerprint density at radius 2 is 1.63 bits per heavy atom. The number of imidazole rings is 1. The van der Waals surface area contributed by atoms with E-state index in [9.17, 15) is 18.0 Å². The maximum absolute atomic E-state index is 13.1. The van der Waals surface area contributed by atoms with Gasteiger partial charge < -0.3 is 0 Å². The van der Waals surface area contributed by atoms with Crippen LogP contribution in [0.1, 0.15) is 44.4 Å². The molecule has 5 rings (SSSR count). The Balaban J connectivity index is 1.37. The third-order valence-corrected chi connectivity index (χ3v) is 7.46. The van der Waals surface area contributed by atoms with Crippen LogP contribution in [-0.4, -0.2) is 40.6 Å². The van der Waals surface area contributed by atoms with Crippen molar-refractivity contribution < 1.29 is 18.0 Å². The van der Waals surface area contributed by atoms with Gasteiger partial charge in [0.2, 0.25) is 0 Å². The highest BCUT2D eigenvalue weighted by Crippen LogP contribution is 2.48. The minimum Gasteiger partial charge on any atom is -0.274 e. The topological polar surface area (TPSA) is 89.3 Å². The Labute approximate surface area is 174 Å². The van der Waals surface area contributed by atoms with Crippen molar-refractivity contribution in [1.29, 1.82) is 0 Å². The zero-order valence-electron chi connectivity index (χ0n) is 16.2. The van der Waals surface area contributed by atoms with Gasteiger partial charge in [-0.2, -0.15) is 0 Å². The fourth-order valence-electron chi connectivity index (χ4n) is 3.99. The van der Waals surface area contributed by atoms with E-state index in [0.717, 1.165) is 5.56 Å². The number of aryl methyl sites for hydroxylation is 1. The molecule has 7 nitrogen and oxygen atoms in total. The lowest BCUT2D eigenvalue weighted by molar-refractivity contribution is 0.0646. The number of carbonyl (C=O) groups is 2. The van der Waals surface area contributed by atoms with E-state index in [2.05, 4.69) is 4.98 Å². The zero-order chi connectivity index (χ0) is 21.0. The highest BCUT2D eigenvalue weighted by atomic mass is 32.2. The number of fused-ring (bicyclic) bond motifs is 1. The van der Waals surface area contributed by atoms with E-state index in [0.29, 0.717) is 23.4 Å². The molecule has 2 atom stereocenters. The van der Waals surface area contributed by atoms with E-state index in [4.69, 9.17) is 0 Å². The molecule has 0 radical (unpaired) electrons. The van der Waals surface area contributed by atoms with Crippen molar-refractivity contribution in [1.82, 2.24) is 13.9 Å². The quantitative estimate of drug-likeness (QED) is 0.591. The SMILES string of the molecule is Cc1ccc(S(=O)(=O)n2ccnc2C2CC2CN2C(=O)c3ccccc3C2=O)cc1. The van der Waals surface area contributed by atoms with Gasteiger partial charge >= 0.3 is 0 Å². The number of rotatable bonds is 5. The van der Waals surface area contributed by atoms with Gasteiger partial charge in [0.1, 0.15) is 5.82 Å². The molecule has 1 aliphatic heterocycles. The number of hydrogen-bond acceptors (Lipinski definition) is 5. The molecule has 152 valence electrons. The number of nitrogens with zero attached hydrogens (tertiary/aromatic N) is 3. The summed E-state index contributed by atoms with van der Waals surface area (Å²) < 4.78 is 27.3. The summed E-state index contributed by atoms with van der Waals surface area (Å²) in [6, 6.07) is 13.5. The Kier molecular flexibility index (Phi) is 4.14. The van der Waals surface area contributed by atoms with Gasteiger partial charge in [-0.3, -0.25) is 14.5 Å². The highest BCUT2D eigenvalue weighted by molar-refractivity contribution is 7.90. The van der Waals surface area contributed by atoms with Crippen LogP contribution in [0.3, 0.4) is 0 Å². The third kappa shape index (κ3) is 2.87. The van der Waals surface area contributed by atoms with E-state index in [1.54, 1.807) is 48.5 Å². The Morgan fingerprint density at radius 1 is 1.00 bits per heavy atom. The van der Waals surface area contributed by atoms with E-state index in [-0.39, 0.29) is 35.1 Å². The summed E-state index contributed by atoms with van der Waals surface area (Å²) in [5, 5.41) is 0. The summed E-state index contributed by atoms with van der Waals surface area (Å²) in [5.74, 6) is -0.281. The molecule has 2 amide bonds. The predicted octanol–water partition coefficient (Wildman–Crippen LogP) is 2.83. The van der Waals surface area contributed by atoms with Crippen molar-refractivity contribution in [2.75, 3.05) is 6.54 Å². The first-order valence-electron chi connectivity index (χ1n) is 9.68. The van der Waals surface area contributed by atoms with Gasteiger partial charge in [-0.1, -0.05) is 29.8 Å². The number of hydrogen-bond donors (Lipinski definition) is 0. The first-order chi connectivity index (χ1) is 14.4. The smallest absolute Gasteiger partial charge is 0.269 e. The Bertz CT molecular complexity index is 1240. The molecule has 2 heterocycles. The second-order valence-electron chi connectivity index (χ2n) is 7.77. The van der Waals surface area contributed by atoms with Crippen molar-refractivity contribution in [3.63, 3.8) is 0 Å². The maximum atomic E-state index is 13.1. The van der Waals surface area contributed by atoms with Crippen LogP contribution in [0.2, 0.25) is 0 Å². The molecule has 0 bridgehead atoms. The number of benzene rings is 2. The number of imide groups is 1. The minimum absolute atomic E-state index is 0.0124. The van der Waals surface area contributed by atoms with Crippen molar-refractivity contribution in [3.05, 3.63) is 83.4 Å². The van der Waals surface area contributed by atoms with Crippen LogP contribution in [0, 0.1) is 12.8 Å². The molecular formula is C22H19N3O4S. The van der Waals surface area contributed by atoms with Crippen LogP contribution in [0.5, 0.6) is 0 Å². The molecule has 2 unspecified atom stereocenters.